The molecule has 0 amide bonds. The molecular formula is C5H10FN. The molecule has 1 nitrogen and oxygen atoms in total. The van der Waals surface area contributed by atoms with Gasteiger partial charge in [0.1, 0.15) is 6.17 Å². The Morgan fingerprint density at radius 2 is 2.71 bits per heavy atom. The van der Waals surface area contributed by atoms with Gasteiger partial charge in [-0.05, 0) is 19.4 Å². The lowest BCUT2D eigenvalue weighted by Crippen LogP contribution is -2.30. The summed E-state index contributed by atoms with van der Waals surface area (Å²) in [6.45, 7) is 1.17. The van der Waals surface area contributed by atoms with Crippen LogP contribution in [-0.2, 0) is 0 Å². The van der Waals surface area contributed by atoms with E-state index < -0.39 is 12.6 Å². The summed E-state index contributed by atoms with van der Waals surface area (Å²) in [7, 11) is 0. The molecule has 0 radical (unpaired) electrons. The van der Waals surface area contributed by atoms with Gasteiger partial charge in [0.25, 0.3) is 0 Å². The third-order valence-corrected chi connectivity index (χ3v) is 1.08. The smallest absolute Gasteiger partial charge is 0.113 e. The molecule has 0 bridgehead atoms. The maximum absolute atomic E-state index is 12.3. The number of rotatable bonds is 0. The van der Waals surface area contributed by atoms with E-state index in [1.54, 1.807) is 0 Å². The summed E-state index contributed by atoms with van der Waals surface area (Å²) in [5.41, 5.74) is 0. The lowest BCUT2D eigenvalue weighted by molar-refractivity contribution is 0.266. The van der Waals surface area contributed by atoms with Crippen LogP contribution >= 0.6 is 0 Å². The summed E-state index contributed by atoms with van der Waals surface area (Å²) in [4.78, 5) is 0. The van der Waals surface area contributed by atoms with E-state index in [0.717, 1.165) is 6.54 Å². The minimum atomic E-state index is -0.941. The number of hydrogen-bond acceptors (Lipinski definition) is 1. The molecule has 0 saturated carbocycles. The van der Waals surface area contributed by atoms with Crippen LogP contribution in [0.4, 0.5) is 4.39 Å². The second-order valence-corrected chi connectivity index (χ2v) is 1.74. The molecule has 2 heteroatoms. The third-order valence-electron chi connectivity index (χ3n) is 1.08. The Hall–Kier alpha value is -0.110. The molecule has 1 aliphatic heterocycles. The van der Waals surface area contributed by atoms with Gasteiger partial charge in [-0.2, -0.15) is 0 Å². The van der Waals surface area contributed by atoms with Crippen molar-refractivity contribution in [3.05, 3.63) is 0 Å². The second kappa shape index (κ2) is 2.26. The van der Waals surface area contributed by atoms with Crippen molar-refractivity contribution in [2.45, 2.75) is 19.0 Å². The molecule has 7 heavy (non-hydrogen) atoms. The Balaban J connectivity index is 2.28. The highest BCUT2D eigenvalue weighted by Crippen LogP contribution is 2.03. The molecule has 0 unspecified atom stereocenters. The normalized spacial score (nSPS) is 45.6. The zero-order chi connectivity index (χ0) is 5.98. The number of nitrogens with one attached hydrogen (secondary N) is 1. The zero-order valence-electron chi connectivity index (χ0n) is 5.15. The first-order chi connectivity index (χ1) is 3.80. The first-order valence-electron chi connectivity index (χ1n) is 3.15. The van der Waals surface area contributed by atoms with E-state index in [-0.39, 0.29) is 0 Å². The van der Waals surface area contributed by atoms with Gasteiger partial charge in [-0.15, -0.1) is 0 Å². The van der Waals surface area contributed by atoms with Gasteiger partial charge in [0.05, 0.1) is 0 Å². The average molecular weight is 104 g/mol. The highest BCUT2D eigenvalue weighted by molar-refractivity contribution is 4.66. The van der Waals surface area contributed by atoms with E-state index in [1.807, 2.05) is 0 Å². The molecular weight excluding hydrogens is 93.1 g/mol. The van der Waals surface area contributed by atoms with Crippen LogP contribution in [-0.4, -0.2) is 19.3 Å². The molecule has 0 aromatic heterocycles. The Labute approximate surface area is 44.3 Å². The fraction of sp³-hybridized carbons (Fsp3) is 1.00. The summed E-state index contributed by atoms with van der Waals surface area (Å²) in [6.07, 6.45) is -0.763. The van der Waals surface area contributed by atoms with Gasteiger partial charge in [-0.3, -0.25) is 0 Å². The SMILES string of the molecule is [2H][C@@H]1CCNC[C@@H]1F. The quantitative estimate of drug-likeness (QED) is 0.477. The van der Waals surface area contributed by atoms with Crippen molar-refractivity contribution in [2.75, 3.05) is 13.1 Å². The van der Waals surface area contributed by atoms with E-state index in [0.29, 0.717) is 13.0 Å². The summed E-state index contributed by atoms with van der Waals surface area (Å²) >= 11 is 0. The van der Waals surface area contributed by atoms with Crippen LogP contribution in [0.15, 0.2) is 0 Å². The molecule has 0 aromatic rings. The molecule has 0 aliphatic carbocycles. The van der Waals surface area contributed by atoms with E-state index in [2.05, 4.69) is 5.32 Å². The number of piperidine rings is 1. The molecule has 0 spiro atoms. The van der Waals surface area contributed by atoms with Gasteiger partial charge in [0, 0.05) is 7.92 Å². The fourth-order valence-corrected chi connectivity index (χ4v) is 0.690. The van der Waals surface area contributed by atoms with Crippen molar-refractivity contribution in [2.24, 2.45) is 0 Å². The van der Waals surface area contributed by atoms with Crippen molar-refractivity contribution in [3.8, 4) is 0 Å². The molecule has 1 saturated heterocycles. The van der Waals surface area contributed by atoms with E-state index in [1.165, 1.54) is 0 Å². The van der Waals surface area contributed by atoms with Crippen molar-refractivity contribution >= 4 is 0 Å². The fourth-order valence-electron chi connectivity index (χ4n) is 0.690. The van der Waals surface area contributed by atoms with Crippen LogP contribution in [0.2, 0.25) is 0 Å². The van der Waals surface area contributed by atoms with Crippen molar-refractivity contribution in [1.82, 2.24) is 5.32 Å². The van der Waals surface area contributed by atoms with Gasteiger partial charge in [0.15, 0.2) is 0 Å². The van der Waals surface area contributed by atoms with Crippen LogP contribution in [0.3, 0.4) is 0 Å². The number of halogens is 1. The number of alkyl halides is 1. The van der Waals surface area contributed by atoms with E-state index >= 15 is 0 Å². The van der Waals surface area contributed by atoms with Crippen LogP contribution in [0, 0.1) is 0 Å². The third kappa shape index (κ3) is 1.43. The van der Waals surface area contributed by atoms with Crippen molar-refractivity contribution in [3.63, 3.8) is 0 Å². The molecule has 1 heterocycles. The Kier molecular flexibility index (Phi) is 1.24. The zero-order valence-corrected chi connectivity index (χ0v) is 4.15. The van der Waals surface area contributed by atoms with Crippen LogP contribution in [0.1, 0.15) is 14.2 Å². The number of hydrogen-bond donors (Lipinski definition) is 1. The van der Waals surface area contributed by atoms with Crippen LogP contribution in [0.5, 0.6) is 0 Å². The molecule has 42 valence electrons. The van der Waals surface area contributed by atoms with Gasteiger partial charge < -0.3 is 5.32 Å². The molecule has 0 aromatic carbocycles. The second-order valence-electron chi connectivity index (χ2n) is 1.74. The van der Waals surface area contributed by atoms with Crippen LogP contribution in [0.25, 0.3) is 0 Å². The molecule has 1 N–H and O–H groups in total. The van der Waals surface area contributed by atoms with Crippen molar-refractivity contribution in [1.29, 1.82) is 0 Å². The maximum atomic E-state index is 12.3. The highest BCUT2D eigenvalue weighted by atomic mass is 19.1. The topological polar surface area (TPSA) is 12.0 Å². The lowest BCUT2D eigenvalue weighted by Gasteiger charge is -2.14. The van der Waals surface area contributed by atoms with E-state index in [9.17, 15) is 4.39 Å². The lowest BCUT2D eigenvalue weighted by atomic mass is 10.1. The largest absolute Gasteiger partial charge is 0.314 e. The summed E-state index contributed by atoms with van der Waals surface area (Å²) < 4.78 is 19.4. The standard InChI is InChI=1S/C5H10FN/c6-5-2-1-3-7-4-5/h5,7H,1-4H2/t5-/m1/s1/i2D/t2-,5-. The highest BCUT2D eigenvalue weighted by Gasteiger charge is 2.08. The van der Waals surface area contributed by atoms with E-state index in [4.69, 9.17) is 1.37 Å². The minimum absolute atomic E-state index is 0.369. The van der Waals surface area contributed by atoms with Gasteiger partial charge in [-0.25, -0.2) is 4.39 Å². The molecule has 1 fully saturated rings. The summed E-state index contributed by atoms with van der Waals surface area (Å²) in [5, 5.41) is 2.87. The monoisotopic (exact) mass is 104 g/mol. The Morgan fingerprint density at radius 1 is 1.86 bits per heavy atom. The minimum Gasteiger partial charge on any atom is -0.314 e. The predicted octanol–water partition coefficient (Wildman–Crippen LogP) is 0.708. The summed E-state index contributed by atoms with van der Waals surface area (Å²) in [6, 6.07) is 0. The Morgan fingerprint density at radius 3 is 3.14 bits per heavy atom. The first kappa shape index (κ1) is 3.84. The van der Waals surface area contributed by atoms with Crippen LogP contribution < -0.4 is 5.32 Å². The predicted molar refractivity (Wildman–Crippen MR) is 27.0 cm³/mol. The van der Waals surface area contributed by atoms with Gasteiger partial charge >= 0.3 is 0 Å². The molecule has 1 aliphatic rings. The van der Waals surface area contributed by atoms with Gasteiger partial charge in [-0.1, -0.05) is 0 Å². The van der Waals surface area contributed by atoms with Gasteiger partial charge in [0.2, 0.25) is 0 Å². The molecule has 2 atom stereocenters. The molecule has 1 rings (SSSR count). The Bertz CT molecular complexity index is 68.8. The average Bonchev–Trinajstić information content (AvgIpc) is 1.77. The first-order valence-corrected chi connectivity index (χ1v) is 2.58. The summed E-state index contributed by atoms with van der Waals surface area (Å²) in [5.74, 6) is 0. The maximum Gasteiger partial charge on any atom is 0.113 e. The van der Waals surface area contributed by atoms with Crippen molar-refractivity contribution < 1.29 is 5.76 Å².